The minimum Gasteiger partial charge on any atom is -0.307 e. The average molecular weight is 236 g/mol. The molecule has 0 saturated carbocycles. The Labute approximate surface area is 103 Å². The van der Waals surface area contributed by atoms with Gasteiger partial charge in [0.1, 0.15) is 5.78 Å². The van der Waals surface area contributed by atoms with Gasteiger partial charge in [-0.15, -0.1) is 0 Å². The van der Waals surface area contributed by atoms with E-state index in [1.165, 1.54) is 0 Å². The van der Waals surface area contributed by atoms with E-state index in [0.717, 1.165) is 19.4 Å². The fraction of sp³-hybridized carbons (Fsp3) is 0.538. The number of hydrogen-bond acceptors (Lipinski definition) is 3. The van der Waals surface area contributed by atoms with Gasteiger partial charge in [-0.05, 0) is 26.3 Å². The molecule has 1 atom stereocenters. The van der Waals surface area contributed by atoms with Crippen molar-refractivity contribution in [2.45, 2.75) is 25.8 Å². The minimum absolute atomic E-state index is 0.176. The van der Waals surface area contributed by atoms with Crippen molar-refractivity contribution in [3.63, 3.8) is 0 Å². The zero-order valence-corrected chi connectivity index (χ0v) is 10.9. The van der Waals surface area contributed by atoms with Crippen molar-refractivity contribution >= 4 is 5.78 Å². The first-order valence-electron chi connectivity index (χ1n) is 5.99. The van der Waals surface area contributed by atoms with Gasteiger partial charge >= 0.3 is 0 Å². The molecular weight excluding hydrogens is 214 g/mol. The summed E-state index contributed by atoms with van der Waals surface area (Å²) in [5, 5.41) is 5.11. The SMILES string of the molecule is CC(=O)[C@@H]1CCCN1.CN(C)[n+]1ccccc1. The summed E-state index contributed by atoms with van der Waals surface area (Å²) in [6.07, 6.45) is 6.19. The molecular formula is C13H22N3O+. The summed E-state index contributed by atoms with van der Waals surface area (Å²) < 4.78 is 2.00. The van der Waals surface area contributed by atoms with Crippen LogP contribution in [0.25, 0.3) is 0 Å². The lowest BCUT2D eigenvalue weighted by Crippen LogP contribution is -2.51. The van der Waals surface area contributed by atoms with Crippen LogP contribution >= 0.6 is 0 Å². The summed E-state index contributed by atoms with van der Waals surface area (Å²) in [4.78, 5) is 10.6. The number of nitrogens with zero attached hydrogens (tertiary/aromatic N) is 2. The van der Waals surface area contributed by atoms with E-state index in [9.17, 15) is 4.79 Å². The van der Waals surface area contributed by atoms with Crippen LogP contribution in [0.4, 0.5) is 0 Å². The first kappa shape index (κ1) is 13.6. The Morgan fingerprint density at radius 2 is 1.94 bits per heavy atom. The highest BCUT2D eigenvalue weighted by molar-refractivity contribution is 5.81. The molecule has 1 aliphatic rings. The van der Waals surface area contributed by atoms with Crippen LogP contribution in [0.3, 0.4) is 0 Å². The van der Waals surface area contributed by atoms with Crippen LogP contribution in [-0.2, 0) is 4.79 Å². The molecule has 0 bridgehead atoms. The van der Waals surface area contributed by atoms with Gasteiger partial charge in [0, 0.05) is 12.1 Å². The zero-order valence-electron chi connectivity index (χ0n) is 10.9. The molecule has 4 nitrogen and oxygen atoms in total. The molecule has 0 radical (unpaired) electrons. The van der Waals surface area contributed by atoms with E-state index >= 15 is 0 Å². The van der Waals surface area contributed by atoms with Crippen molar-refractivity contribution in [1.29, 1.82) is 0 Å². The normalized spacial score (nSPS) is 18.2. The van der Waals surface area contributed by atoms with E-state index in [-0.39, 0.29) is 11.8 Å². The zero-order chi connectivity index (χ0) is 12.7. The number of rotatable bonds is 2. The van der Waals surface area contributed by atoms with Gasteiger partial charge < -0.3 is 5.32 Å². The number of carbonyl (C=O) groups is 1. The molecule has 0 unspecified atom stereocenters. The van der Waals surface area contributed by atoms with E-state index in [4.69, 9.17) is 0 Å². The van der Waals surface area contributed by atoms with Crippen LogP contribution in [0.2, 0.25) is 0 Å². The Balaban J connectivity index is 0.000000171. The van der Waals surface area contributed by atoms with Crippen LogP contribution < -0.4 is 15.0 Å². The van der Waals surface area contributed by atoms with Gasteiger partial charge in [0.15, 0.2) is 12.4 Å². The van der Waals surface area contributed by atoms with Gasteiger partial charge in [-0.25, -0.2) is 0 Å². The maximum Gasteiger partial charge on any atom is 0.199 e. The molecule has 1 aromatic heterocycles. The summed E-state index contributed by atoms with van der Waals surface area (Å²) in [6.45, 7) is 2.66. The molecule has 2 rings (SSSR count). The van der Waals surface area contributed by atoms with Crippen LogP contribution in [0.5, 0.6) is 0 Å². The number of nitrogens with one attached hydrogen (secondary N) is 1. The highest BCUT2D eigenvalue weighted by atomic mass is 16.1. The lowest BCUT2D eigenvalue weighted by Gasteiger charge is -2.02. The first-order valence-corrected chi connectivity index (χ1v) is 5.99. The third-order valence-electron chi connectivity index (χ3n) is 2.71. The molecule has 4 heteroatoms. The van der Waals surface area contributed by atoms with Crippen LogP contribution in [0.15, 0.2) is 30.6 Å². The van der Waals surface area contributed by atoms with Crippen molar-refractivity contribution in [3.8, 4) is 0 Å². The Hall–Kier alpha value is -1.42. The van der Waals surface area contributed by atoms with Gasteiger partial charge in [-0.2, -0.15) is 5.01 Å². The number of hydrogen-bond donors (Lipinski definition) is 1. The summed E-state index contributed by atoms with van der Waals surface area (Å²) in [5.41, 5.74) is 0. The molecule has 1 saturated heterocycles. The minimum atomic E-state index is 0.176. The Morgan fingerprint density at radius 1 is 1.29 bits per heavy atom. The second-order valence-corrected chi connectivity index (χ2v) is 4.36. The summed E-state index contributed by atoms with van der Waals surface area (Å²) >= 11 is 0. The molecule has 0 aromatic carbocycles. The molecule has 17 heavy (non-hydrogen) atoms. The lowest BCUT2D eigenvalue weighted by molar-refractivity contribution is -0.687. The molecule has 0 spiro atoms. The number of pyridine rings is 1. The molecule has 1 N–H and O–H groups in total. The second kappa shape index (κ2) is 7.01. The quantitative estimate of drug-likeness (QED) is 0.760. The van der Waals surface area contributed by atoms with Gasteiger partial charge in [-0.1, -0.05) is 10.7 Å². The van der Waals surface area contributed by atoms with Crippen molar-refractivity contribution in [2.75, 3.05) is 25.6 Å². The third-order valence-corrected chi connectivity index (χ3v) is 2.71. The van der Waals surface area contributed by atoms with Crippen molar-refractivity contribution < 1.29 is 9.47 Å². The van der Waals surface area contributed by atoms with Crippen LogP contribution in [0, 0.1) is 0 Å². The van der Waals surface area contributed by atoms with E-state index in [0.29, 0.717) is 0 Å². The molecule has 2 heterocycles. The van der Waals surface area contributed by atoms with Crippen molar-refractivity contribution in [1.82, 2.24) is 5.32 Å². The topological polar surface area (TPSA) is 36.2 Å². The maximum atomic E-state index is 10.6. The Morgan fingerprint density at radius 3 is 2.24 bits per heavy atom. The van der Waals surface area contributed by atoms with Gasteiger partial charge in [0.05, 0.1) is 20.1 Å². The molecule has 1 fully saturated rings. The van der Waals surface area contributed by atoms with Gasteiger partial charge in [0.25, 0.3) is 0 Å². The Kier molecular flexibility index (Phi) is 5.63. The molecule has 0 amide bonds. The largest absolute Gasteiger partial charge is 0.307 e. The lowest BCUT2D eigenvalue weighted by atomic mass is 10.2. The Bertz CT molecular complexity index is 332. The van der Waals surface area contributed by atoms with Gasteiger partial charge in [0.2, 0.25) is 0 Å². The summed E-state index contributed by atoms with van der Waals surface area (Å²) in [7, 11) is 4.00. The molecule has 1 aromatic rings. The van der Waals surface area contributed by atoms with E-state index in [1.54, 1.807) is 6.92 Å². The first-order chi connectivity index (χ1) is 8.11. The fourth-order valence-corrected chi connectivity index (χ4v) is 1.69. The van der Waals surface area contributed by atoms with E-state index in [2.05, 4.69) is 5.32 Å². The molecule has 94 valence electrons. The number of aromatic nitrogens is 1. The second-order valence-electron chi connectivity index (χ2n) is 4.36. The van der Waals surface area contributed by atoms with Crippen LogP contribution in [0.1, 0.15) is 19.8 Å². The molecule has 0 aliphatic carbocycles. The number of carbonyl (C=O) groups excluding carboxylic acids is 1. The smallest absolute Gasteiger partial charge is 0.199 e. The summed E-state index contributed by atoms with van der Waals surface area (Å²) in [5.74, 6) is 0.280. The van der Waals surface area contributed by atoms with Crippen molar-refractivity contribution in [3.05, 3.63) is 30.6 Å². The summed E-state index contributed by atoms with van der Waals surface area (Å²) in [6, 6.07) is 6.18. The third kappa shape index (κ3) is 4.95. The monoisotopic (exact) mass is 236 g/mol. The number of Topliss-reactive ketones (excluding diaryl/α,β-unsaturated/α-hetero) is 1. The maximum absolute atomic E-state index is 10.6. The van der Waals surface area contributed by atoms with E-state index in [1.807, 2.05) is 54.4 Å². The predicted molar refractivity (Wildman–Crippen MR) is 68.4 cm³/mol. The van der Waals surface area contributed by atoms with Crippen molar-refractivity contribution in [2.24, 2.45) is 0 Å². The van der Waals surface area contributed by atoms with Gasteiger partial charge in [-0.3, -0.25) is 4.79 Å². The molecule has 1 aliphatic heterocycles. The van der Waals surface area contributed by atoms with E-state index < -0.39 is 0 Å². The number of ketones is 1. The van der Waals surface area contributed by atoms with Crippen LogP contribution in [-0.4, -0.2) is 32.5 Å². The average Bonchev–Trinajstić information content (AvgIpc) is 2.84. The highest BCUT2D eigenvalue weighted by Crippen LogP contribution is 2.04. The predicted octanol–water partition coefficient (Wildman–Crippen LogP) is 0.499. The fourth-order valence-electron chi connectivity index (χ4n) is 1.69. The standard InChI is InChI=1S/C7H11N2.C6H11NO/c1-8(2)9-6-4-3-5-7-9;1-5(8)6-3-2-4-7-6/h3-7H,1-2H3;6-7H,2-4H2,1H3/q+1;/t;6-/m.0/s1. The highest BCUT2D eigenvalue weighted by Gasteiger charge is 2.17.